The first-order valence-electron chi connectivity index (χ1n) is 7.14. The lowest BCUT2D eigenvalue weighted by atomic mass is 10.0. The van der Waals surface area contributed by atoms with E-state index in [1.807, 2.05) is 6.08 Å². The van der Waals surface area contributed by atoms with E-state index in [-0.39, 0.29) is 5.97 Å². The molecule has 1 aliphatic rings. The molecule has 4 nitrogen and oxygen atoms in total. The van der Waals surface area contributed by atoms with Crippen LogP contribution >= 0.6 is 0 Å². The Morgan fingerprint density at radius 1 is 1.55 bits per heavy atom. The van der Waals surface area contributed by atoms with Crippen LogP contribution in [0.25, 0.3) is 6.08 Å². The second-order valence-corrected chi connectivity index (χ2v) is 5.64. The highest BCUT2D eigenvalue weighted by Crippen LogP contribution is 2.23. The molecule has 4 heteroatoms. The zero-order chi connectivity index (χ0) is 14.7. The fourth-order valence-electron chi connectivity index (χ4n) is 2.04. The van der Waals surface area contributed by atoms with Gasteiger partial charge < -0.3 is 14.5 Å². The normalized spacial score (nSPS) is 15.8. The van der Waals surface area contributed by atoms with Gasteiger partial charge in [-0.05, 0) is 37.8 Å². The second kappa shape index (κ2) is 6.27. The minimum Gasteiger partial charge on any atom is -0.465 e. The Morgan fingerprint density at radius 3 is 2.80 bits per heavy atom. The Balaban J connectivity index is 2.14. The molecule has 1 heterocycles. The number of esters is 1. The number of nitrogens with one attached hydrogen (secondary N) is 1. The summed E-state index contributed by atoms with van der Waals surface area (Å²) in [5, 5.41) is 3.51. The Labute approximate surface area is 120 Å². The van der Waals surface area contributed by atoms with Gasteiger partial charge in [0.1, 0.15) is 17.1 Å². The average molecular weight is 277 g/mol. The molecule has 0 spiro atoms. The fourth-order valence-corrected chi connectivity index (χ4v) is 2.04. The van der Waals surface area contributed by atoms with E-state index < -0.39 is 0 Å². The Morgan fingerprint density at radius 2 is 2.25 bits per heavy atom. The molecule has 0 aromatic carbocycles. The number of hydrogen-bond donors (Lipinski definition) is 1. The van der Waals surface area contributed by atoms with Crippen molar-refractivity contribution in [2.24, 2.45) is 5.92 Å². The number of aryl methyl sites for hydroxylation is 1. The van der Waals surface area contributed by atoms with Crippen molar-refractivity contribution in [2.45, 2.75) is 39.7 Å². The molecule has 0 bridgehead atoms. The van der Waals surface area contributed by atoms with E-state index in [0.29, 0.717) is 29.0 Å². The van der Waals surface area contributed by atoms with Gasteiger partial charge in [0.25, 0.3) is 0 Å². The molecule has 0 saturated heterocycles. The van der Waals surface area contributed by atoms with Crippen molar-refractivity contribution >= 4 is 12.0 Å². The molecule has 0 aliphatic heterocycles. The van der Waals surface area contributed by atoms with E-state index in [1.165, 1.54) is 25.5 Å². The lowest BCUT2D eigenvalue weighted by Crippen LogP contribution is -2.21. The highest BCUT2D eigenvalue weighted by atomic mass is 16.5. The van der Waals surface area contributed by atoms with Gasteiger partial charge in [0.2, 0.25) is 0 Å². The maximum Gasteiger partial charge on any atom is 0.341 e. The molecule has 1 N–H and O–H groups in total. The first kappa shape index (κ1) is 14.9. The number of rotatable bonds is 6. The van der Waals surface area contributed by atoms with Crippen LogP contribution in [0.2, 0.25) is 0 Å². The number of methoxy groups -OCH3 is 1. The van der Waals surface area contributed by atoms with Crippen molar-refractivity contribution in [1.82, 2.24) is 5.32 Å². The van der Waals surface area contributed by atoms with Crippen molar-refractivity contribution in [2.75, 3.05) is 13.7 Å². The van der Waals surface area contributed by atoms with Crippen LogP contribution in [-0.4, -0.2) is 25.7 Å². The van der Waals surface area contributed by atoms with Crippen LogP contribution in [0.3, 0.4) is 0 Å². The van der Waals surface area contributed by atoms with Gasteiger partial charge in [-0.1, -0.05) is 19.4 Å². The van der Waals surface area contributed by atoms with Gasteiger partial charge in [-0.15, -0.1) is 0 Å². The summed E-state index contributed by atoms with van der Waals surface area (Å²) in [5.41, 5.74) is 1.78. The topological polar surface area (TPSA) is 51.5 Å². The molecule has 0 unspecified atom stereocenters. The Kier molecular flexibility index (Phi) is 4.65. The summed E-state index contributed by atoms with van der Waals surface area (Å²) in [7, 11) is 1.38. The number of ether oxygens (including phenoxy) is 1. The minimum absolute atomic E-state index is 0.354. The molecule has 0 amide bonds. The van der Waals surface area contributed by atoms with Crippen molar-refractivity contribution in [1.29, 1.82) is 0 Å². The van der Waals surface area contributed by atoms with Gasteiger partial charge in [-0.3, -0.25) is 0 Å². The predicted molar refractivity (Wildman–Crippen MR) is 78.6 cm³/mol. The van der Waals surface area contributed by atoms with Crippen LogP contribution in [0, 0.1) is 12.8 Å². The molecular formula is C16H23NO3. The summed E-state index contributed by atoms with van der Waals surface area (Å²) in [6.07, 6.45) is 4.58. The molecule has 0 radical (unpaired) electrons. The quantitative estimate of drug-likeness (QED) is 0.811. The highest BCUT2D eigenvalue weighted by molar-refractivity contribution is 5.91. The third-order valence-corrected chi connectivity index (χ3v) is 3.58. The van der Waals surface area contributed by atoms with E-state index in [1.54, 1.807) is 13.0 Å². The average Bonchev–Trinajstić information content (AvgIpc) is 3.16. The molecule has 0 atom stereocenters. The molecule has 1 aliphatic carbocycles. The van der Waals surface area contributed by atoms with Gasteiger partial charge >= 0.3 is 5.97 Å². The van der Waals surface area contributed by atoms with Crippen molar-refractivity contribution < 1.29 is 13.9 Å². The highest BCUT2D eigenvalue weighted by Gasteiger charge is 2.21. The predicted octanol–water partition coefficient (Wildman–Crippen LogP) is 3.17. The van der Waals surface area contributed by atoms with Crippen LogP contribution in [0.4, 0.5) is 0 Å². The molecular weight excluding hydrogens is 254 g/mol. The summed E-state index contributed by atoms with van der Waals surface area (Å²) in [6.45, 7) is 6.98. The van der Waals surface area contributed by atoms with Gasteiger partial charge in [-0.2, -0.15) is 0 Å². The van der Waals surface area contributed by atoms with E-state index in [2.05, 4.69) is 19.2 Å². The fraction of sp³-hybridized carbons (Fsp3) is 0.562. The summed E-state index contributed by atoms with van der Waals surface area (Å²) >= 11 is 0. The van der Waals surface area contributed by atoms with E-state index >= 15 is 0 Å². The van der Waals surface area contributed by atoms with Crippen LogP contribution in [0.1, 0.15) is 48.6 Å². The Hall–Kier alpha value is -1.55. The summed E-state index contributed by atoms with van der Waals surface area (Å²) in [6, 6.07) is 2.43. The molecule has 1 aromatic rings. The molecule has 1 aromatic heterocycles. The molecule has 1 saturated carbocycles. The van der Waals surface area contributed by atoms with Crippen LogP contribution < -0.4 is 5.32 Å². The first-order chi connectivity index (χ1) is 9.51. The first-order valence-corrected chi connectivity index (χ1v) is 7.14. The van der Waals surface area contributed by atoms with Gasteiger partial charge in [0.05, 0.1) is 7.11 Å². The van der Waals surface area contributed by atoms with Crippen LogP contribution in [-0.2, 0) is 4.74 Å². The number of hydrogen-bond acceptors (Lipinski definition) is 4. The Bertz CT molecular complexity index is 510. The largest absolute Gasteiger partial charge is 0.465 e. The van der Waals surface area contributed by atoms with Crippen molar-refractivity contribution in [3.8, 4) is 0 Å². The van der Waals surface area contributed by atoms with Gasteiger partial charge in [-0.25, -0.2) is 4.79 Å². The zero-order valence-corrected chi connectivity index (χ0v) is 12.7. The number of carbonyl (C=O) groups excluding carboxylic acids is 1. The molecule has 110 valence electrons. The SMILES string of the molecule is COC(=O)c1cc(C=C(CNC2CC2)C(C)C)oc1C. The third kappa shape index (κ3) is 3.73. The summed E-state index contributed by atoms with van der Waals surface area (Å²) in [5.74, 6) is 1.40. The second-order valence-electron chi connectivity index (χ2n) is 5.64. The number of furan rings is 1. The maximum absolute atomic E-state index is 11.6. The maximum atomic E-state index is 11.6. The lowest BCUT2D eigenvalue weighted by Gasteiger charge is -2.11. The smallest absolute Gasteiger partial charge is 0.341 e. The molecule has 1 fully saturated rings. The number of carbonyl (C=O) groups is 1. The monoisotopic (exact) mass is 277 g/mol. The lowest BCUT2D eigenvalue weighted by molar-refractivity contribution is 0.0599. The van der Waals surface area contributed by atoms with E-state index in [0.717, 1.165) is 6.54 Å². The van der Waals surface area contributed by atoms with Gasteiger partial charge in [0, 0.05) is 12.6 Å². The van der Waals surface area contributed by atoms with Crippen LogP contribution in [0.5, 0.6) is 0 Å². The summed E-state index contributed by atoms with van der Waals surface area (Å²) < 4.78 is 10.4. The van der Waals surface area contributed by atoms with E-state index in [4.69, 9.17) is 9.15 Å². The zero-order valence-electron chi connectivity index (χ0n) is 12.7. The van der Waals surface area contributed by atoms with E-state index in [9.17, 15) is 4.79 Å². The van der Waals surface area contributed by atoms with Gasteiger partial charge in [0.15, 0.2) is 0 Å². The van der Waals surface area contributed by atoms with Crippen molar-refractivity contribution in [3.63, 3.8) is 0 Å². The third-order valence-electron chi connectivity index (χ3n) is 3.58. The molecule has 2 rings (SSSR count). The molecule has 20 heavy (non-hydrogen) atoms. The standard InChI is InChI=1S/C16H23NO3/c1-10(2)12(9-17-13-5-6-13)7-14-8-15(11(3)20-14)16(18)19-4/h7-8,10,13,17H,5-6,9H2,1-4H3. The van der Waals surface area contributed by atoms with Crippen molar-refractivity contribution in [3.05, 3.63) is 28.7 Å². The van der Waals surface area contributed by atoms with Crippen LogP contribution in [0.15, 0.2) is 16.1 Å². The summed E-state index contributed by atoms with van der Waals surface area (Å²) in [4.78, 5) is 11.6. The minimum atomic E-state index is -0.354.